The number of ether oxygens (including phenoxy) is 1. The molecule has 1 unspecified atom stereocenters. The lowest BCUT2D eigenvalue weighted by molar-refractivity contribution is -0.145. The lowest BCUT2D eigenvalue weighted by Gasteiger charge is -2.32. The molecule has 1 saturated heterocycles. The van der Waals surface area contributed by atoms with Crippen molar-refractivity contribution < 1.29 is 14.3 Å². The number of pyridine rings is 1. The fourth-order valence-electron chi connectivity index (χ4n) is 2.77. The van der Waals surface area contributed by atoms with Gasteiger partial charge in [0.1, 0.15) is 11.9 Å². The molecule has 1 N–H and O–H groups in total. The van der Waals surface area contributed by atoms with Gasteiger partial charge in [0.25, 0.3) is 5.91 Å². The second-order valence-electron chi connectivity index (χ2n) is 6.32. The number of halogens is 1. The number of anilines is 1. The second-order valence-corrected chi connectivity index (χ2v) is 6.75. The third-order valence-electron chi connectivity index (χ3n) is 4.37. The van der Waals surface area contributed by atoms with Gasteiger partial charge in [-0.15, -0.1) is 0 Å². The van der Waals surface area contributed by atoms with Gasteiger partial charge in [-0.05, 0) is 38.3 Å². The predicted molar refractivity (Wildman–Crippen MR) is 97.5 cm³/mol. The summed E-state index contributed by atoms with van der Waals surface area (Å²) in [5.74, 6) is 0.326. The normalized spacial score (nSPS) is 16.5. The number of rotatable bonds is 7. The smallest absolute Gasteiger partial charge is 0.251 e. The highest BCUT2D eigenvalue weighted by Crippen LogP contribution is 2.20. The maximum absolute atomic E-state index is 12.4. The van der Waals surface area contributed by atoms with Gasteiger partial charge >= 0.3 is 0 Å². The number of nitrogens with one attached hydrogen (secondary N) is 1. The van der Waals surface area contributed by atoms with E-state index in [1.54, 1.807) is 24.0 Å². The first-order valence-corrected chi connectivity index (χ1v) is 9.22. The molecule has 7 heteroatoms. The summed E-state index contributed by atoms with van der Waals surface area (Å²) < 4.78 is 5.57. The van der Waals surface area contributed by atoms with Gasteiger partial charge in [0.05, 0.1) is 5.02 Å². The lowest BCUT2D eigenvalue weighted by atomic mass is 9.95. The number of hydrogen-bond acceptors (Lipinski definition) is 4. The zero-order valence-electron chi connectivity index (χ0n) is 14.8. The number of nitrogens with zero attached hydrogens (tertiary/aromatic N) is 2. The highest BCUT2D eigenvalue weighted by Gasteiger charge is 2.29. The molecule has 2 amide bonds. The molecule has 1 aromatic heterocycles. The van der Waals surface area contributed by atoms with Crippen molar-refractivity contribution in [3.63, 3.8) is 0 Å². The van der Waals surface area contributed by atoms with Gasteiger partial charge in [0, 0.05) is 31.8 Å². The molecule has 6 nitrogen and oxygen atoms in total. The molecule has 0 radical (unpaired) electrons. The number of hydrogen-bond donors (Lipinski definition) is 1. The monoisotopic (exact) mass is 367 g/mol. The Hall–Kier alpha value is -1.66. The van der Waals surface area contributed by atoms with Crippen LogP contribution in [0.5, 0.6) is 0 Å². The van der Waals surface area contributed by atoms with E-state index in [9.17, 15) is 9.59 Å². The average Bonchev–Trinajstić information content (AvgIpc) is 2.63. The molecule has 0 spiro atoms. The summed E-state index contributed by atoms with van der Waals surface area (Å²) in [6.07, 6.45) is 4.37. The van der Waals surface area contributed by atoms with Crippen molar-refractivity contribution in [2.75, 3.05) is 25.0 Å². The van der Waals surface area contributed by atoms with Crippen molar-refractivity contribution in [1.29, 1.82) is 0 Å². The number of carbonyl (C=O) groups is 2. The highest BCUT2D eigenvalue weighted by molar-refractivity contribution is 6.30. The first-order chi connectivity index (χ1) is 12.0. The minimum Gasteiger partial charge on any atom is -0.369 e. The highest BCUT2D eigenvalue weighted by atomic mass is 35.5. The first-order valence-electron chi connectivity index (χ1n) is 8.84. The molecular formula is C18H26ClN3O3. The molecule has 0 aliphatic carbocycles. The molecule has 0 aromatic carbocycles. The van der Waals surface area contributed by atoms with E-state index in [0.717, 1.165) is 12.8 Å². The van der Waals surface area contributed by atoms with Gasteiger partial charge in [-0.25, -0.2) is 4.98 Å². The second kappa shape index (κ2) is 9.73. The molecule has 1 aliphatic rings. The average molecular weight is 368 g/mol. The van der Waals surface area contributed by atoms with Gasteiger partial charge in [-0.1, -0.05) is 24.9 Å². The number of amides is 2. The molecule has 1 fully saturated rings. The Balaban J connectivity index is 1.77. The van der Waals surface area contributed by atoms with Crippen LogP contribution in [-0.2, 0) is 14.3 Å². The van der Waals surface area contributed by atoms with E-state index < -0.39 is 6.10 Å². The summed E-state index contributed by atoms with van der Waals surface area (Å²) >= 11 is 5.79. The van der Waals surface area contributed by atoms with E-state index in [0.29, 0.717) is 43.4 Å². The minimum atomic E-state index is -0.421. The Kier molecular flexibility index (Phi) is 7.65. The number of piperidine rings is 1. The minimum absolute atomic E-state index is 0.00864. The van der Waals surface area contributed by atoms with Crippen LogP contribution in [0.2, 0.25) is 5.02 Å². The Morgan fingerprint density at radius 2 is 2.12 bits per heavy atom. The molecule has 0 bridgehead atoms. The van der Waals surface area contributed by atoms with Crippen molar-refractivity contribution >= 4 is 29.2 Å². The van der Waals surface area contributed by atoms with E-state index in [-0.39, 0.29) is 17.7 Å². The van der Waals surface area contributed by atoms with Gasteiger partial charge < -0.3 is 15.0 Å². The number of aromatic nitrogens is 1. The zero-order chi connectivity index (χ0) is 18.2. The van der Waals surface area contributed by atoms with Crippen LogP contribution in [0.4, 0.5) is 5.82 Å². The number of unbranched alkanes of at least 4 members (excludes halogenated alkanes) is 1. The van der Waals surface area contributed by atoms with Crippen molar-refractivity contribution in [2.24, 2.45) is 5.92 Å². The molecule has 1 atom stereocenters. The van der Waals surface area contributed by atoms with Gasteiger partial charge in [0.2, 0.25) is 5.91 Å². The summed E-state index contributed by atoms with van der Waals surface area (Å²) in [5, 5.41) is 3.33. The molecule has 138 valence electrons. The van der Waals surface area contributed by atoms with Crippen molar-refractivity contribution in [3.05, 3.63) is 23.4 Å². The van der Waals surface area contributed by atoms with Crippen molar-refractivity contribution in [1.82, 2.24) is 9.88 Å². The molecule has 25 heavy (non-hydrogen) atoms. The Bertz CT molecular complexity index is 571. The number of carbonyl (C=O) groups excluding carboxylic acids is 2. The van der Waals surface area contributed by atoms with Crippen LogP contribution in [0.1, 0.15) is 39.5 Å². The largest absolute Gasteiger partial charge is 0.369 e. The molecule has 2 heterocycles. The third kappa shape index (κ3) is 5.97. The van der Waals surface area contributed by atoms with E-state index >= 15 is 0 Å². The molecule has 2 rings (SSSR count). The summed E-state index contributed by atoms with van der Waals surface area (Å²) in [7, 11) is 0. The summed E-state index contributed by atoms with van der Waals surface area (Å²) in [6, 6.07) is 3.36. The fraction of sp³-hybridized carbons (Fsp3) is 0.611. The summed E-state index contributed by atoms with van der Waals surface area (Å²) in [5.41, 5.74) is 0. The van der Waals surface area contributed by atoms with Gasteiger partial charge in [0.15, 0.2) is 0 Å². The summed E-state index contributed by atoms with van der Waals surface area (Å²) in [4.78, 5) is 30.6. The zero-order valence-corrected chi connectivity index (χ0v) is 15.6. The maximum atomic E-state index is 12.4. The van der Waals surface area contributed by atoms with Gasteiger partial charge in [-0.3, -0.25) is 9.59 Å². The molecule has 1 aliphatic heterocycles. The third-order valence-corrected chi connectivity index (χ3v) is 4.59. The summed E-state index contributed by atoms with van der Waals surface area (Å²) in [6.45, 7) is 5.64. The topological polar surface area (TPSA) is 71.5 Å². The SMILES string of the molecule is CCCCOC(C)C(=O)N1CCC(C(=O)Nc2ccc(Cl)cn2)CC1. The van der Waals surface area contributed by atoms with Crippen LogP contribution in [0, 0.1) is 5.92 Å². The van der Waals surface area contributed by atoms with Crippen LogP contribution < -0.4 is 5.32 Å². The maximum Gasteiger partial charge on any atom is 0.251 e. The Morgan fingerprint density at radius 1 is 1.40 bits per heavy atom. The Morgan fingerprint density at radius 3 is 2.72 bits per heavy atom. The van der Waals surface area contributed by atoms with E-state index in [1.807, 2.05) is 0 Å². The standard InChI is InChI=1S/C18H26ClN3O3/c1-3-4-11-25-13(2)18(24)22-9-7-14(8-10-22)17(23)21-16-6-5-15(19)12-20-16/h5-6,12-14H,3-4,7-11H2,1-2H3,(H,20,21,23). The van der Waals surface area contributed by atoms with Crippen LogP contribution in [0.15, 0.2) is 18.3 Å². The van der Waals surface area contributed by atoms with Crippen LogP contribution in [0.3, 0.4) is 0 Å². The van der Waals surface area contributed by atoms with Crippen molar-refractivity contribution in [3.8, 4) is 0 Å². The molecule has 0 saturated carbocycles. The molecular weight excluding hydrogens is 342 g/mol. The van der Waals surface area contributed by atoms with E-state index in [4.69, 9.17) is 16.3 Å². The van der Waals surface area contributed by atoms with Gasteiger partial charge in [-0.2, -0.15) is 0 Å². The Labute approximate surface area is 153 Å². The van der Waals surface area contributed by atoms with Crippen molar-refractivity contribution in [2.45, 2.75) is 45.6 Å². The molecule has 1 aromatic rings. The van der Waals surface area contributed by atoms with Crippen LogP contribution in [-0.4, -0.2) is 47.5 Å². The van der Waals surface area contributed by atoms with Crippen LogP contribution >= 0.6 is 11.6 Å². The number of likely N-dealkylation sites (tertiary alicyclic amines) is 1. The fourth-order valence-corrected chi connectivity index (χ4v) is 2.88. The van der Waals surface area contributed by atoms with E-state index in [1.165, 1.54) is 6.20 Å². The predicted octanol–water partition coefficient (Wildman–Crippen LogP) is 3.12. The quantitative estimate of drug-likeness (QED) is 0.751. The van der Waals surface area contributed by atoms with E-state index in [2.05, 4.69) is 17.2 Å². The van der Waals surface area contributed by atoms with Crippen LogP contribution in [0.25, 0.3) is 0 Å². The lowest BCUT2D eigenvalue weighted by Crippen LogP contribution is -2.45. The first kappa shape index (κ1) is 19.7.